The molecular formula is C17H19N3O6S. The van der Waals surface area contributed by atoms with Crippen LogP contribution in [0.2, 0.25) is 0 Å². The molecule has 1 amide bonds. The van der Waals surface area contributed by atoms with Gasteiger partial charge in [0, 0.05) is 23.9 Å². The molecule has 0 aliphatic rings. The summed E-state index contributed by atoms with van der Waals surface area (Å²) in [6, 6.07) is 10.5. The molecule has 0 aliphatic carbocycles. The van der Waals surface area contributed by atoms with Gasteiger partial charge in [0.1, 0.15) is 11.8 Å². The summed E-state index contributed by atoms with van der Waals surface area (Å²) in [5.41, 5.74) is 0.181. The van der Waals surface area contributed by atoms with Gasteiger partial charge < -0.3 is 10.1 Å². The number of rotatable bonds is 7. The van der Waals surface area contributed by atoms with Crippen molar-refractivity contribution in [2.75, 3.05) is 23.0 Å². The van der Waals surface area contributed by atoms with Crippen LogP contribution in [-0.2, 0) is 14.8 Å². The molecule has 2 rings (SSSR count). The lowest BCUT2D eigenvalue weighted by atomic mass is 10.2. The Morgan fingerprint density at radius 2 is 1.89 bits per heavy atom. The monoisotopic (exact) mass is 393 g/mol. The fraction of sp³-hybridized carbons (Fsp3) is 0.235. The van der Waals surface area contributed by atoms with Crippen molar-refractivity contribution in [2.45, 2.75) is 13.0 Å². The van der Waals surface area contributed by atoms with Crippen molar-refractivity contribution in [2.24, 2.45) is 0 Å². The first-order valence-corrected chi connectivity index (χ1v) is 9.67. The van der Waals surface area contributed by atoms with Crippen molar-refractivity contribution in [3.63, 3.8) is 0 Å². The molecule has 0 spiro atoms. The molecule has 0 aromatic heterocycles. The van der Waals surface area contributed by atoms with Crippen molar-refractivity contribution in [1.29, 1.82) is 0 Å². The van der Waals surface area contributed by atoms with E-state index in [0.717, 1.165) is 16.6 Å². The van der Waals surface area contributed by atoms with Crippen LogP contribution in [-0.4, -0.2) is 38.7 Å². The molecule has 9 nitrogen and oxygen atoms in total. The van der Waals surface area contributed by atoms with Crippen LogP contribution in [0.4, 0.5) is 17.1 Å². The summed E-state index contributed by atoms with van der Waals surface area (Å²) in [5, 5.41) is 13.6. The molecule has 10 heteroatoms. The first-order valence-electron chi connectivity index (χ1n) is 7.82. The molecule has 2 aromatic carbocycles. The van der Waals surface area contributed by atoms with E-state index in [0.29, 0.717) is 11.4 Å². The molecule has 1 atom stereocenters. The Kier molecular flexibility index (Phi) is 6.01. The van der Waals surface area contributed by atoms with Crippen molar-refractivity contribution >= 4 is 33.0 Å². The first kappa shape index (κ1) is 20.2. The minimum absolute atomic E-state index is 0.0278. The lowest BCUT2D eigenvalue weighted by Gasteiger charge is -2.28. The zero-order valence-corrected chi connectivity index (χ0v) is 15.8. The molecular weight excluding hydrogens is 374 g/mol. The van der Waals surface area contributed by atoms with E-state index in [4.69, 9.17) is 4.74 Å². The van der Waals surface area contributed by atoms with Crippen molar-refractivity contribution in [3.8, 4) is 5.75 Å². The van der Waals surface area contributed by atoms with Gasteiger partial charge >= 0.3 is 0 Å². The van der Waals surface area contributed by atoms with E-state index >= 15 is 0 Å². The molecule has 0 fully saturated rings. The zero-order valence-electron chi connectivity index (χ0n) is 14.9. The van der Waals surface area contributed by atoms with Gasteiger partial charge in [-0.3, -0.25) is 19.2 Å². The molecule has 27 heavy (non-hydrogen) atoms. The molecule has 1 N–H and O–H groups in total. The molecule has 144 valence electrons. The van der Waals surface area contributed by atoms with Crippen LogP contribution in [0.15, 0.2) is 48.5 Å². The maximum absolute atomic E-state index is 12.6. The number of hydrogen-bond acceptors (Lipinski definition) is 6. The third kappa shape index (κ3) is 4.94. The minimum Gasteiger partial charge on any atom is -0.497 e. The van der Waals surface area contributed by atoms with Gasteiger partial charge in [0.05, 0.1) is 24.0 Å². The summed E-state index contributed by atoms with van der Waals surface area (Å²) in [5.74, 6) is -0.0701. The van der Waals surface area contributed by atoms with E-state index < -0.39 is 26.9 Å². The van der Waals surface area contributed by atoms with E-state index in [-0.39, 0.29) is 11.4 Å². The highest BCUT2D eigenvalue weighted by atomic mass is 32.2. The van der Waals surface area contributed by atoms with Crippen LogP contribution in [0.3, 0.4) is 0 Å². The van der Waals surface area contributed by atoms with E-state index in [1.807, 2.05) is 0 Å². The quantitative estimate of drug-likeness (QED) is 0.570. The molecule has 0 heterocycles. The number of carbonyl (C=O) groups is 1. The number of carbonyl (C=O) groups excluding carboxylic acids is 1. The Labute approximate surface area is 156 Å². The van der Waals surface area contributed by atoms with Crippen LogP contribution in [0, 0.1) is 10.1 Å². The Hall–Kier alpha value is -3.14. The van der Waals surface area contributed by atoms with Gasteiger partial charge in [-0.05, 0) is 25.1 Å². The van der Waals surface area contributed by atoms with Gasteiger partial charge in [0.25, 0.3) is 5.69 Å². The number of methoxy groups -OCH3 is 1. The van der Waals surface area contributed by atoms with Crippen molar-refractivity contribution < 1.29 is 22.9 Å². The van der Waals surface area contributed by atoms with Gasteiger partial charge in [-0.1, -0.05) is 12.1 Å². The third-order valence-corrected chi connectivity index (χ3v) is 4.96. The summed E-state index contributed by atoms with van der Waals surface area (Å²) in [6.45, 7) is 1.40. The lowest BCUT2D eigenvalue weighted by molar-refractivity contribution is -0.384. The van der Waals surface area contributed by atoms with Crippen LogP contribution in [0.25, 0.3) is 0 Å². The van der Waals surface area contributed by atoms with Crippen molar-refractivity contribution in [1.82, 2.24) is 0 Å². The molecule has 0 radical (unpaired) electrons. The molecule has 1 unspecified atom stereocenters. The summed E-state index contributed by atoms with van der Waals surface area (Å²) in [4.78, 5) is 22.9. The third-order valence-electron chi connectivity index (χ3n) is 3.72. The fourth-order valence-corrected chi connectivity index (χ4v) is 3.67. The highest BCUT2D eigenvalue weighted by Crippen LogP contribution is 2.26. The number of hydrogen-bond donors (Lipinski definition) is 1. The van der Waals surface area contributed by atoms with Gasteiger partial charge in [0.15, 0.2) is 0 Å². The van der Waals surface area contributed by atoms with Gasteiger partial charge in [-0.2, -0.15) is 0 Å². The Morgan fingerprint density at radius 3 is 2.48 bits per heavy atom. The van der Waals surface area contributed by atoms with E-state index in [1.165, 1.54) is 32.2 Å². The highest BCUT2D eigenvalue weighted by molar-refractivity contribution is 7.92. The maximum atomic E-state index is 12.6. The summed E-state index contributed by atoms with van der Waals surface area (Å²) >= 11 is 0. The number of nitrogens with zero attached hydrogens (tertiary/aromatic N) is 2. The normalized spacial score (nSPS) is 12.1. The van der Waals surface area contributed by atoms with Gasteiger partial charge in [0.2, 0.25) is 15.9 Å². The highest BCUT2D eigenvalue weighted by Gasteiger charge is 2.30. The Morgan fingerprint density at radius 1 is 1.22 bits per heavy atom. The van der Waals surface area contributed by atoms with E-state index in [9.17, 15) is 23.3 Å². The lowest BCUT2D eigenvalue weighted by Crippen LogP contribution is -2.45. The van der Waals surface area contributed by atoms with Crippen LogP contribution in [0.1, 0.15) is 6.92 Å². The predicted molar refractivity (Wildman–Crippen MR) is 102 cm³/mol. The average Bonchev–Trinajstić information content (AvgIpc) is 2.61. The Balaban J connectivity index is 2.34. The standard InChI is InChI=1S/C17H19N3O6S/c1-12(17(21)18-13-6-4-9-16(10-13)26-2)19(27(3,24)25)14-7-5-8-15(11-14)20(22)23/h4-12H,1-3H3,(H,18,21). The smallest absolute Gasteiger partial charge is 0.271 e. The van der Waals surface area contributed by atoms with E-state index in [2.05, 4.69) is 5.32 Å². The fourth-order valence-electron chi connectivity index (χ4n) is 2.50. The number of amides is 1. The molecule has 0 aliphatic heterocycles. The maximum Gasteiger partial charge on any atom is 0.271 e. The predicted octanol–water partition coefficient (Wildman–Crippen LogP) is 2.40. The minimum atomic E-state index is -3.88. The van der Waals surface area contributed by atoms with Crippen LogP contribution < -0.4 is 14.4 Å². The average molecular weight is 393 g/mol. The second kappa shape index (κ2) is 8.04. The topological polar surface area (TPSA) is 119 Å². The molecule has 2 aromatic rings. The summed E-state index contributed by atoms with van der Waals surface area (Å²) < 4.78 is 30.5. The summed E-state index contributed by atoms with van der Waals surface area (Å²) in [6.07, 6.45) is 0.932. The molecule has 0 saturated heterocycles. The second-order valence-corrected chi connectivity index (χ2v) is 7.59. The Bertz CT molecular complexity index is 961. The number of nitro groups is 1. The SMILES string of the molecule is COc1cccc(NC(=O)C(C)N(c2cccc([N+](=O)[O-])c2)S(C)(=O)=O)c1. The largest absolute Gasteiger partial charge is 0.497 e. The number of nitro benzene ring substituents is 1. The van der Waals surface area contributed by atoms with Crippen LogP contribution in [0.5, 0.6) is 5.75 Å². The first-order chi connectivity index (χ1) is 12.6. The molecule has 0 saturated carbocycles. The number of sulfonamides is 1. The second-order valence-electron chi connectivity index (χ2n) is 5.73. The zero-order chi connectivity index (χ0) is 20.2. The number of benzene rings is 2. The van der Waals surface area contributed by atoms with E-state index in [1.54, 1.807) is 24.3 Å². The van der Waals surface area contributed by atoms with Crippen LogP contribution >= 0.6 is 0 Å². The van der Waals surface area contributed by atoms with Gasteiger partial charge in [-0.15, -0.1) is 0 Å². The number of anilines is 2. The number of ether oxygens (including phenoxy) is 1. The van der Waals surface area contributed by atoms with Gasteiger partial charge in [-0.25, -0.2) is 8.42 Å². The van der Waals surface area contributed by atoms with Crippen molar-refractivity contribution in [3.05, 3.63) is 58.6 Å². The molecule has 0 bridgehead atoms. The number of non-ortho nitro benzene ring substituents is 1. The summed E-state index contributed by atoms with van der Waals surface area (Å²) in [7, 11) is -2.40. The number of nitrogens with one attached hydrogen (secondary N) is 1.